The molecule has 5 nitrogen and oxygen atoms in total. The molecule has 2 aromatic rings. The molecule has 2 rings (SSSR count). The summed E-state index contributed by atoms with van der Waals surface area (Å²) in [5, 5.41) is 7.14. The number of anilines is 1. The topological polar surface area (TPSA) is 72.9 Å². The van der Waals surface area contributed by atoms with E-state index in [4.69, 9.17) is 29.6 Å². The zero-order valence-corrected chi connectivity index (χ0v) is 11.6. The Balaban J connectivity index is 2.30. The molecule has 1 amide bonds. The van der Waals surface area contributed by atoms with Crippen LogP contribution < -0.4 is 11.1 Å². The van der Waals surface area contributed by atoms with Crippen LogP contribution in [0.2, 0.25) is 5.02 Å². The van der Waals surface area contributed by atoms with Crippen LogP contribution in [0.25, 0.3) is 0 Å². The van der Waals surface area contributed by atoms with Crippen molar-refractivity contribution in [3.05, 3.63) is 46.7 Å². The standard InChI is InChI=1S/C12H11ClN4OS/c1-17-6-7(5-15-17)12(18)16-10-4-8(13)2-3-9(10)11(14)19/h2-6H,1H3,(H2,14,19)(H,16,18). The second-order valence-corrected chi connectivity index (χ2v) is 4.79. The molecule has 0 saturated carbocycles. The highest BCUT2D eigenvalue weighted by Crippen LogP contribution is 2.21. The highest BCUT2D eigenvalue weighted by atomic mass is 35.5. The monoisotopic (exact) mass is 294 g/mol. The van der Waals surface area contributed by atoms with E-state index in [2.05, 4.69) is 10.4 Å². The smallest absolute Gasteiger partial charge is 0.258 e. The molecule has 0 aliphatic heterocycles. The highest BCUT2D eigenvalue weighted by Gasteiger charge is 2.12. The van der Waals surface area contributed by atoms with Crippen LogP contribution in [0.1, 0.15) is 15.9 Å². The number of thiocarbonyl (C=S) groups is 1. The largest absolute Gasteiger partial charge is 0.389 e. The van der Waals surface area contributed by atoms with Crippen LogP contribution in [-0.4, -0.2) is 20.7 Å². The second kappa shape index (κ2) is 5.38. The van der Waals surface area contributed by atoms with E-state index in [1.54, 1.807) is 36.1 Å². The predicted molar refractivity (Wildman–Crippen MR) is 78.5 cm³/mol. The lowest BCUT2D eigenvalue weighted by Gasteiger charge is -2.09. The number of hydrogen-bond donors (Lipinski definition) is 2. The van der Waals surface area contributed by atoms with Gasteiger partial charge in [0.1, 0.15) is 4.99 Å². The van der Waals surface area contributed by atoms with Crippen molar-refractivity contribution in [2.45, 2.75) is 0 Å². The van der Waals surface area contributed by atoms with Crippen molar-refractivity contribution >= 4 is 40.4 Å². The molecule has 0 spiro atoms. The summed E-state index contributed by atoms with van der Waals surface area (Å²) in [5.74, 6) is -0.298. The quantitative estimate of drug-likeness (QED) is 0.849. The normalized spacial score (nSPS) is 10.2. The van der Waals surface area contributed by atoms with Gasteiger partial charge in [-0.2, -0.15) is 5.10 Å². The van der Waals surface area contributed by atoms with Gasteiger partial charge in [0.05, 0.1) is 17.4 Å². The lowest BCUT2D eigenvalue weighted by Crippen LogP contribution is -2.17. The van der Waals surface area contributed by atoms with E-state index in [1.807, 2.05) is 0 Å². The molecule has 0 aliphatic rings. The number of hydrogen-bond acceptors (Lipinski definition) is 3. The predicted octanol–water partition coefficient (Wildman–Crippen LogP) is 1.96. The Morgan fingerprint density at radius 3 is 2.84 bits per heavy atom. The number of carbonyl (C=O) groups is 1. The third-order valence-electron chi connectivity index (χ3n) is 2.46. The molecule has 98 valence electrons. The van der Waals surface area contributed by atoms with Gasteiger partial charge in [0.25, 0.3) is 5.91 Å². The lowest BCUT2D eigenvalue weighted by molar-refractivity contribution is 0.102. The molecule has 1 aromatic heterocycles. The summed E-state index contributed by atoms with van der Waals surface area (Å²) in [5.41, 5.74) is 7.09. The van der Waals surface area contributed by atoms with Gasteiger partial charge in [-0.3, -0.25) is 9.48 Å². The summed E-state index contributed by atoms with van der Waals surface area (Å²) in [6, 6.07) is 4.93. The molecule has 0 atom stereocenters. The number of aryl methyl sites for hydroxylation is 1. The number of nitrogens with one attached hydrogen (secondary N) is 1. The number of carbonyl (C=O) groups excluding carboxylic acids is 1. The average Bonchev–Trinajstić information content (AvgIpc) is 2.75. The Morgan fingerprint density at radius 1 is 1.53 bits per heavy atom. The molecule has 0 aliphatic carbocycles. The average molecular weight is 295 g/mol. The Hall–Kier alpha value is -1.92. The first-order chi connectivity index (χ1) is 8.97. The third kappa shape index (κ3) is 3.10. The van der Waals surface area contributed by atoms with E-state index in [0.717, 1.165) is 0 Å². The van der Waals surface area contributed by atoms with E-state index in [-0.39, 0.29) is 10.9 Å². The van der Waals surface area contributed by atoms with Gasteiger partial charge in [-0.25, -0.2) is 0 Å². The lowest BCUT2D eigenvalue weighted by atomic mass is 10.1. The Labute approximate surface area is 120 Å². The Kier molecular flexibility index (Phi) is 3.82. The summed E-state index contributed by atoms with van der Waals surface area (Å²) in [6.45, 7) is 0. The number of aromatic nitrogens is 2. The number of amides is 1. The van der Waals surface area contributed by atoms with Crippen molar-refractivity contribution in [3.63, 3.8) is 0 Å². The van der Waals surface area contributed by atoms with Crippen molar-refractivity contribution < 1.29 is 4.79 Å². The van der Waals surface area contributed by atoms with Crippen molar-refractivity contribution in [1.29, 1.82) is 0 Å². The first-order valence-electron chi connectivity index (χ1n) is 5.36. The molecule has 3 N–H and O–H groups in total. The summed E-state index contributed by atoms with van der Waals surface area (Å²) in [4.78, 5) is 12.2. The minimum atomic E-state index is -0.298. The van der Waals surface area contributed by atoms with Crippen LogP contribution in [0.3, 0.4) is 0 Å². The molecular formula is C12H11ClN4OS. The summed E-state index contributed by atoms with van der Waals surface area (Å²) in [6.07, 6.45) is 3.08. The van der Waals surface area contributed by atoms with Crippen LogP contribution in [0.5, 0.6) is 0 Å². The highest BCUT2D eigenvalue weighted by molar-refractivity contribution is 7.80. The van der Waals surface area contributed by atoms with E-state index < -0.39 is 0 Å². The zero-order valence-electron chi connectivity index (χ0n) is 10.1. The van der Waals surface area contributed by atoms with Crippen molar-refractivity contribution in [3.8, 4) is 0 Å². The minimum absolute atomic E-state index is 0.193. The molecule has 0 radical (unpaired) electrons. The molecule has 1 heterocycles. The van der Waals surface area contributed by atoms with Gasteiger partial charge >= 0.3 is 0 Å². The number of halogens is 1. The fourth-order valence-corrected chi connectivity index (χ4v) is 1.92. The number of nitrogens with two attached hydrogens (primary N) is 1. The van der Waals surface area contributed by atoms with Crippen molar-refractivity contribution in [1.82, 2.24) is 9.78 Å². The first kappa shape index (κ1) is 13.5. The Morgan fingerprint density at radius 2 is 2.26 bits per heavy atom. The molecule has 0 saturated heterocycles. The minimum Gasteiger partial charge on any atom is -0.389 e. The molecular weight excluding hydrogens is 284 g/mol. The number of rotatable bonds is 3. The van der Waals surface area contributed by atoms with Crippen molar-refractivity contribution in [2.75, 3.05) is 5.32 Å². The van der Waals surface area contributed by atoms with Gasteiger partial charge in [0.15, 0.2) is 0 Å². The molecule has 19 heavy (non-hydrogen) atoms. The van der Waals surface area contributed by atoms with Crippen molar-refractivity contribution in [2.24, 2.45) is 12.8 Å². The van der Waals surface area contributed by atoms with Gasteiger partial charge in [0.2, 0.25) is 0 Å². The van der Waals surface area contributed by atoms with Gasteiger partial charge in [-0.15, -0.1) is 0 Å². The number of nitrogens with zero attached hydrogens (tertiary/aromatic N) is 2. The van der Waals surface area contributed by atoms with E-state index in [0.29, 0.717) is 21.8 Å². The van der Waals surface area contributed by atoms with Gasteiger partial charge < -0.3 is 11.1 Å². The SMILES string of the molecule is Cn1cc(C(=O)Nc2cc(Cl)ccc2C(N)=S)cn1. The van der Waals surface area contributed by atoms with Crippen LogP contribution >= 0.6 is 23.8 Å². The zero-order chi connectivity index (χ0) is 14.0. The van der Waals surface area contributed by atoms with Crippen LogP contribution in [0.15, 0.2) is 30.6 Å². The van der Waals surface area contributed by atoms with E-state index in [1.165, 1.54) is 6.20 Å². The first-order valence-corrected chi connectivity index (χ1v) is 6.15. The molecule has 7 heteroatoms. The summed E-state index contributed by atoms with van der Waals surface area (Å²) < 4.78 is 1.54. The van der Waals surface area contributed by atoms with E-state index >= 15 is 0 Å². The van der Waals surface area contributed by atoms with Gasteiger partial charge in [-0.05, 0) is 18.2 Å². The van der Waals surface area contributed by atoms with Gasteiger partial charge in [0, 0.05) is 23.8 Å². The molecule has 0 fully saturated rings. The summed E-state index contributed by atoms with van der Waals surface area (Å²) in [7, 11) is 1.73. The fourth-order valence-electron chi connectivity index (χ4n) is 1.57. The van der Waals surface area contributed by atoms with Crippen LogP contribution in [0, 0.1) is 0 Å². The van der Waals surface area contributed by atoms with E-state index in [9.17, 15) is 4.79 Å². The number of benzene rings is 1. The maximum atomic E-state index is 12.0. The maximum Gasteiger partial charge on any atom is 0.258 e. The maximum absolute atomic E-state index is 12.0. The molecule has 1 aromatic carbocycles. The second-order valence-electron chi connectivity index (χ2n) is 3.91. The van der Waals surface area contributed by atoms with Crippen LogP contribution in [0.4, 0.5) is 5.69 Å². The van der Waals surface area contributed by atoms with Gasteiger partial charge in [-0.1, -0.05) is 23.8 Å². The molecule has 0 unspecified atom stereocenters. The molecule has 0 bridgehead atoms. The Bertz CT molecular complexity index is 653. The summed E-state index contributed by atoms with van der Waals surface area (Å²) >= 11 is 10.8. The van der Waals surface area contributed by atoms with Crippen LogP contribution in [-0.2, 0) is 7.05 Å². The third-order valence-corrected chi connectivity index (χ3v) is 2.92. The fraction of sp³-hybridized carbons (Fsp3) is 0.0833.